The van der Waals surface area contributed by atoms with Gasteiger partial charge in [0.15, 0.2) is 11.6 Å². The van der Waals surface area contributed by atoms with E-state index in [4.69, 9.17) is 0 Å². The van der Waals surface area contributed by atoms with Crippen LogP contribution in [0.2, 0.25) is 0 Å². The van der Waals surface area contributed by atoms with E-state index in [2.05, 4.69) is 10.2 Å². The number of nitrogens with one attached hydrogen (secondary N) is 2. The van der Waals surface area contributed by atoms with Crippen molar-refractivity contribution in [3.8, 4) is 11.3 Å². The molecule has 3 nitrogen and oxygen atoms in total. The minimum Gasteiger partial charge on any atom is -0.298 e. The zero-order valence-corrected chi connectivity index (χ0v) is 6.97. The molecule has 0 saturated heterocycles. The van der Waals surface area contributed by atoms with Gasteiger partial charge in [-0.1, -0.05) is 0 Å². The van der Waals surface area contributed by atoms with Crippen LogP contribution in [0, 0.1) is 11.6 Å². The first kappa shape index (κ1) is 8.68. The molecule has 72 valence electrons. The Hall–Kier alpha value is -1.91. The van der Waals surface area contributed by atoms with E-state index in [1.54, 1.807) is 0 Å². The van der Waals surface area contributed by atoms with E-state index >= 15 is 0 Å². The summed E-state index contributed by atoms with van der Waals surface area (Å²) in [5.41, 5.74) is 0.529. The molecule has 2 rings (SSSR count). The number of rotatable bonds is 1. The number of aromatic amines is 2. The molecule has 0 atom stereocenters. The van der Waals surface area contributed by atoms with E-state index in [0.717, 1.165) is 12.1 Å². The standard InChI is InChI=1S/C9H6F2N2O/c10-6-2-1-5(3-7(6)11)8-4-9(14)13-12-8/h1-4H,(H2,12,13,14). The van der Waals surface area contributed by atoms with Gasteiger partial charge < -0.3 is 0 Å². The number of hydrogen-bond donors (Lipinski definition) is 2. The van der Waals surface area contributed by atoms with Gasteiger partial charge in [0.2, 0.25) is 0 Å². The molecule has 5 heteroatoms. The van der Waals surface area contributed by atoms with Crippen molar-refractivity contribution in [3.05, 3.63) is 46.3 Å². The van der Waals surface area contributed by atoms with E-state index in [-0.39, 0.29) is 5.56 Å². The maximum absolute atomic E-state index is 12.8. The molecule has 0 bridgehead atoms. The second-order valence-electron chi connectivity index (χ2n) is 2.80. The Morgan fingerprint density at radius 1 is 1.00 bits per heavy atom. The zero-order chi connectivity index (χ0) is 10.1. The molecule has 14 heavy (non-hydrogen) atoms. The third-order valence-corrected chi connectivity index (χ3v) is 1.83. The van der Waals surface area contributed by atoms with Gasteiger partial charge in [0.1, 0.15) is 0 Å². The van der Waals surface area contributed by atoms with Crippen LogP contribution in [0.15, 0.2) is 29.1 Å². The minimum absolute atomic E-state index is 0.315. The molecular formula is C9H6F2N2O. The molecule has 2 N–H and O–H groups in total. The Kier molecular flexibility index (Phi) is 1.92. The van der Waals surface area contributed by atoms with E-state index < -0.39 is 11.6 Å². The predicted molar refractivity (Wildman–Crippen MR) is 46.8 cm³/mol. The fraction of sp³-hybridized carbons (Fsp3) is 0. The summed E-state index contributed by atoms with van der Waals surface area (Å²) < 4.78 is 25.4. The fourth-order valence-corrected chi connectivity index (χ4v) is 1.15. The molecule has 0 spiro atoms. The highest BCUT2D eigenvalue weighted by Gasteiger charge is 2.05. The lowest BCUT2D eigenvalue weighted by molar-refractivity contribution is 0.509. The molecule has 2 aromatic rings. The van der Waals surface area contributed by atoms with Crippen molar-refractivity contribution in [1.82, 2.24) is 10.2 Å². The molecule has 0 fully saturated rings. The van der Waals surface area contributed by atoms with Gasteiger partial charge >= 0.3 is 0 Å². The summed E-state index contributed by atoms with van der Waals surface area (Å²) in [5, 5.41) is 4.85. The molecule has 0 amide bonds. The smallest absolute Gasteiger partial charge is 0.264 e. The fourth-order valence-electron chi connectivity index (χ4n) is 1.15. The van der Waals surface area contributed by atoms with Gasteiger partial charge in [-0.05, 0) is 18.2 Å². The van der Waals surface area contributed by atoms with Crippen molar-refractivity contribution in [2.24, 2.45) is 0 Å². The number of benzene rings is 1. The predicted octanol–water partition coefficient (Wildman–Crippen LogP) is 1.65. The Labute approximate surface area is 77.4 Å². The SMILES string of the molecule is O=c1cc(-c2ccc(F)c(F)c2)[nH][nH]1. The number of hydrogen-bond acceptors (Lipinski definition) is 1. The summed E-state index contributed by atoms with van der Waals surface area (Å²) in [4.78, 5) is 10.8. The lowest BCUT2D eigenvalue weighted by Crippen LogP contribution is -1.93. The number of halogens is 2. The molecule has 0 unspecified atom stereocenters. The molecule has 1 heterocycles. The lowest BCUT2D eigenvalue weighted by atomic mass is 10.1. The average Bonchev–Trinajstić information content (AvgIpc) is 2.57. The molecular weight excluding hydrogens is 190 g/mol. The van der Waals surface area contributed by atoms with Crippen molar-refractivity contribution < 1.29 is 8.78 Å². The number of aromatic nitrogens is 2. The van der Waals surface area contributed by atoms with Crippen molar-refractivity contribution in [3.63, 3.8) is 0 Å². The van der Waals surface area contributed by atoms with Crippen LogP contribution in [-0.2, 0) is 0 Å². The first-order valence-electron chi connectivity index (χ1n) is 3.90. The lowest BCUT2D eigenvalue weighted by Gasteiger charge is -1.97. The maximum Gasteiger partial charge on any atom is 0.264 e. The number of H-pyrrole nitrogens is 2. The zero-order valence-electron chi connectivity index (χ0n) is 6.97. The van der Waals surface area contributed by atoms with Crippen LogP contribution in [0.5, 0.6) is 0 Å². The summed E-state index contributed by atoms with van der Waals surface area (Å²) in [6.07, 6.45) is 0. The first-order chi connectivity index (χ1) is 6.66. The van der Waals surface area contributed by atoms with Crippen LogP contribution < -0.4 is 5.56 Å². The van der Waals surface area contributed by atoms with Crippen LogP contribution in [0.1, 0.15) is 0 Å². The second kappa shape index (κ2) is 3.10. The monoisotopic (exact) mass is 196 g/mol. The molecule has 0 saturated carbocycles. The van der Waals surface area contributed by atoms with E-state index in [0.29, 0.717) is 11.3 Å². The van der Waals surface area contributed by atoms with Gasteiger partial charge in [0, 0.05) is 11.6 Å². The van der Waals surface area contributed by atoms with E-state index in [9.17, 15) is 13.6 Å². The van der Waals surface area contributed by atoms with Crippen molar-refractivity contribution in [2.75, 3.05) is 0 Å². The third kappa shape index (κ3) is 1.44. The van der Waals surface area contributed by atoms with E-state index in [1.165, 1.54) is 12.1 Å². The molecule has 0 aliphatic carbocycles. The highest BCUT2D eigenvalue weighted by atomic mass is 19.2. The van der Waals surface area contributed by atoms with Gasteiger partial charge in [0.05, 0.1) is 5.69 Å². The van der Waals surface area contributed by atoms with Gasteiger partial charge in [-0.3, -0.25) is 15.0 Å². The van der Waals surface area contributed by atoms with Gasteiger partial charge in [-0.15, -0.1) is 0 Å². The van der Waals surface area contributed by atoms with Crippen molar-refractivity contribution in [2.45, 2.75) is 0 Å². The summed E-state index contributed by atoms with van der Waals surface area (Å²) in [6.45, 7) is 0. The third-order valence-electron chi connectivity index (χ3n) is 1.83. The van der Waals surface area contributed by atoms with Gasteiger partial charge in [0.25, 0.3) is 5.56 Å². The Morgan fingerprint density at radius 3 is 2.36 bits per heavy atom. The van der Waals surface area contributed by atoms with Gasteiger partial charge in [-0.2, -0.15) is 0 Å². The van der Waals surface area contributed by atoms with Crippen LogP contribution in [0.3, 0.4) is 0 Å². The van der Waals surface area contributed by atoms with Crippen molar-refractivity contribution >= 4 is 0 Å². The largest absolute Gasteiger partial charge is 0.298 e. The topological polar surface area (TPSA) is 48.6 Å². The molecule has 1 aromatic heterocycles. The Bertz CT molecular complexity index is 516. The maximum atomic E-state index is 12.8. The minimum atomic E-state index is -0.940. The van der Waals surface area contributed by atoms with Crippen LogP contribution in [0.4, 0.5) is 8.78 Å². The van der Waals surface area contributed by atoms with E-state index in [1.807, 2.05) is 0 Å². The van der Waals surface area contributed by atoms with Crippen LogP contribution >= 0.6 is 0 Å². The molecule has 0 radical (unpaired) electrons. The Morgan fingerprint density at radius 2 is 1.79 bits per heavy atom. The van der Waals surface area contributed by atoms with Crippen molar-refractivity contribution in [1.29, 1.82) is 0 Å². The molecule has 1 aromatic carbocycles. The normalized spacial score (nSPS) is 10.4. The highest BCUT2D eigenvalue weighted by molar-refractivity contribution is 5.58. The summed E-state index contributed by atoms with van der Waals surface area (Å²) >= 11 is 0. The molecule has 0 aliphatic rings. The average molecular weight is 196 g/mol. The summed E-state index contributed by atoms with van der Waals surface area (Å²) in [5.74, 6) is -1.85. The summed E-state index contributed by atoms with van der Waals surface area (Å²) in [7, 11) is 0. The Balaban J connectivity index is 2.52. The summed E-state index contributed by atoms with van der Waals surface area (Å²) in [6, 6.07) is 4.69. The quantitative estimate of drug-likeness (QED) is 0.715. The highest BCUT2D eigenvalue weighted by Crippen LogP contribution is 2.17. The second-order valence-corrected chi connectivity index (χ2v) is 2.80. The first-order valence-corrected chi connectivity index (χ1v) is 3.90. The van der Waals surface area contributed by atoms with Crippen LogP contribution in [0.25, 0.3) is 11.3 Å². The van der Waals surface area contributed by atoms with Crippen LogP contribution in [-0.4, -0.2) is 10.2 Å². The van der Waals surface area contributed by atoms with Gasteiger partial charge in [-0.25, -0.2) is 8.78 Å². The molecule has 0 aliphatic heterocycles.